The summed E-state index contributed by atoms with van der Waals surface area (Å²) >= 11 is 3.39. The monoisotopic (exact) mass is 300 g/mol. The molecule has 0 spiro atoms. The molecule has 90 valence electrons. The van der Waals surface area contributed by atoms with E-state index in [1.165, 1.54) is 6.07 Å². The molecule has 0 aliphatic carbocycles. The number of benzene rings is 1. The molecular weight excluding hydrogens is 290 g/mol. The summed E-state index contributed by atoms with van der Waals surface area (Å²) in [6, 6.07) is 4.23. The first-order valence-corrected chi connectivity index (χ1v) is 6.05. The van der Waals surface area contributed by atoms with Crippen LogP contribution >= 0.6 is 15.9 Å². The zero-order valence-electron chi connectivity index (χ0n) is 9.43. The van der Waals surface area contributed by atoms with E-state index < -0.39 is 11.6 Å². The van der Waals surface area contributed by atoms with E-state index in [2.05, 4.69) is 15.9 Å². The van der Waals surface area contributed by atoms with Crippen molar-refractivity contribution in [2.24, 2.45) is 0 Å². The van der Waals surface area contributed by atoms with Gasteiger partial charge in [-0.3, -0.25) is 0 Å². The van der Waals surface area contributed by atoms with Gasteiger partial charge in [0, 0.05) is 17.2 Å². The van der Waals surface area contributed by atoms with Crippen molar-refractivity contribution in [3.63, 3.8) is 0 Å². The van der Waals surface area contributed by atoms with E-state index in [4.69, 9.17) is 4.42 Å². The molecule has 2 aromatic rings. The third kappa shape index (κ3) is 2.41. The Bertz CT molecular complexity index is 548. The molecule has 0 saturated carbocycles. The Morgan fingerprint density at radius 3 is 2.41 bits per heavy atom. The minimum absolute atomic E-state index is 0.334. The average molecular weight is 301 g/mol. The lowest BCUT2D eigenvalue weighted by Gasteiger charge is -2.10. The Morgan fingerprint density at radius 2 is 1.82 bits per heavy atom. The van der Waals surface area contributed by atoms with Gasteiger partial charge in [-0.1, -0.05) is 15.9 Å². The summed E-state index contributed by atoms with van der Waals surface area (Å²) in [7, 11) is 0. The summed E-state index contributed by atoms with van der Waals surface area (Å²) in [6.07, 6.45) is 1.56. The number of rotatable bonds is 2. The number of furan rings is 1. The maximum absolute atomic E-state index is 13.7. The second-order valence-electron chi connectivity index (χ2n) is 3.98. The van der Waals surface area contributed by atoms with Crippen LogP contribution in [0.5, 0.6) is 0 Å². The quantitative estimate of drug-likeness (QED) is 0.735. The Kier molecular flexibility index (Phi) is 3.33. The Balaban J connectivity index is 2.43. The molecule has 1 nitrogen and oxygen atoms in total. The first-order valence-electron chi connectivity index (χ1n) is 5.13. The molecule has 0 saturated heterocycles. The molecule has 17 heavy (non-hydrogen) atoms. The summed E-state index contributed by atoms with van der Waals surface area (Å²) in [4.78, 5) is -0.334. The first kappa shape index (κ1) is 12.3. The molecule has 1 unspecified atom stereocenters. The predicted molar refractivity (Wildman–Crippen MR) is 65.3 cm³/mol. The van der Waals surface area contributed by atoms with Crippen LogP contribution < -0.4 is 0 Å². The number of halogens is 3. The van der Waals surface area contributed by atoms with E-state index in [1.54, 1.807) is 13.2 Å². The van der Waals surface area contributed by atoms with Crippen LogP contribution in [0.2, 0.25) is 0 Å². The van der Waals surface area contributed by atoms with Crippen molar-refractivity contribution in [2.45, 2.75) is 18.7 Å². The van der Waals surface area contributed by atoms with Gasteiger partial charge in [-0.2, -0.15) is 0 Å². The van der Waals surface area contributed by atoms with Crippen LogP contribution in [-0.2, 0) is 0 Å². The van der Waals surface area contributed by atoms with E-state index in [0.29, 0.717) is 11.1 Å². The molecule has 4 heteroatoms. The van der Waals surface area contributed by atoms with E-state index in [1.807, 2.05) is 13.0 Å². The van der Waals surface area contributed by atoms with E-state index >= 15 is 0 Å². The van der Waals surface area contributed by atoms with Gasteiger partial charge in [-0.15, -0.1) is 0 Å². The fourth-order valence-corrected chi connectivity index (χ4v) is 2.24. The van der Waals surface area contributed by atoms with Crippen molar-refractivity contribution in [1.82, 2.24) is 0 Å². The Hall–Kier alpha value is -1.16. The van der Waals surface area contributed by atoms with Gasteiger partial charge in [0.1, 0.15) is 17.4 Å². The molecule has 0 N–H and O–H groups in total. The van der Waals surface area contributed by atoms with Crippen molar-refractivity contribution in [2.75, 3.05) is 0 Å². The second-order valence-corrected chi connectivity index (χ2v) is 4.89. The van der Waals surface area contributed by atoms with Crippen LogP contribution in [0, 0.1) is 25.5 Å². The van der Waals surface area contributed by atoms with Gasteiger partial charge < -0.3 is 4.42 Å². The first-order chi connectivity index (χ1) is 7.99. The molecule has 0 radical (unpaired) electrons. The van der Waals surface area contributed by atoms with Gasteiger partial charge >= 0.3 is 0 Å². The highest BCUT2D eigenvalue weighted by molar-refractivity contribution is 9.09. The van der Waals surface area contributed by atoms with Gasteiger partial charge in [0.2, 0.25) is 0 Å². The molecule has 0 aliphatic heterocycles. The van der Waals surface area contributed by atoms with E-state index in [0.717, 1.165) is 17.4 Å². The van der Waals surface area contributed by atoms with Crippen molar-refractivity contribution < 1.29 is 13.2 Å². The van der Waals surface area contributed by atoms with Crippen molar-refractivity contribution in [3.05, 3.63) is 58.5 Å². The number of hydrogen-bond donors (Lipinski definition) is 0. The summed E-state index contributed by atoms with van der Waals surface area (Å²) in [5.41, 5.74) is 1.64. The minimum Gasteiger partial charge on any atom is -0.469 e. The molecule has 1 aromatic heterocycles. The molecule has 1 aromatic carbocycles. The molecule has 0 bridgehead atoms. The zero-order valence-corrected chi connectivity index (χ0v) is 11.0. The third-order valence-electron chi connectivity index (χ3n) is 2.59. The van der Waals surface area contributed by atoms with Gasteiger partial charge in [0.05, 0.1) is 11.1 Å². The molecule has 1 atom stereocenters. The standard InChI is InChI=1S/C13H11BrF2O/c1-7-3-10(12(16)5-11(7)15)13(14)9-4-8(2)17-6-9/h3-6,13H,1-2H3. The normalized spacial score (nSPS) is 12.8. The largest absolute Gasteiger partial charge is 0.469 e. The lowest BCUT2D eigenvalue weighted by molar-refractivity contribution is 0.531. The topological polar surface area (TPSA) is 13.1 Å². The van der Waals surface area contributed by atoms with Crippen molar-refractivity contribution in [3.8, 4) is 0 Å². The number of hydrogen-bond acceptors (Lipinski definition) is 1. The highest BCUT2D eigenvalue weighted by Crippen LogP contribution is 2.34. The second kappa shape index (κ2) is 4.61. The van der Waals surface area contributed by atoms with Crippen molar-refractivity contribution in [1.29, 1.82) is 0 Å². The molecule has 1 heterocycles. The van der Waals surface area contributed by atoms with Gasteiger partial charge in [0.25, 0.3) is 0 Å². The summed E-state index contributed by atoms with van der Waals surface area (Å²) in [6.45, 7) is 3.42. The predicted octanol–water partition coefficient (Wildman–Crippen LogP) is 4.66. The average Bonchev–Trinajstić information content (AvgIpc) is 2.69. The maximum Gasteiger partial charge on any atom is 0.130 e. The fraction of sp³-hybridized carbons (Fsp3) is 0.231. The molecule has 0 aliphatic rings. The van der Waals surface area contributed by atoms with Crippen LogP contribution in [0.15, 0.2) is 28.9 Å². The Labute approximate surface area is 107 Å². The van der Waals surface area contributed by atoms with Crippen LogP contribution in [0.3, 0.4) is 0 Å². The van der Waals surface area contributed by atoms with Crippen LogP contribution in [0.4, 0.5) is 8.78 Å². The SMILES string of the molecule is Cc1cc(C(Br)c2cc(C)c(F)cc2F)co1. The van der Waals surface area contributed by atoms with Gasteiger partial charge in [-0.25, -0.2) is 8.78 Å². The lowest BCUT2D eigenvalue weighted by Crippen LogP contribution is -1.98. The van der Waals surface area contributed by atoms with Gasteiger partial charge in [0.15, 0.2) is 0 Å². The minimum atomic E-state index is -0.561. The molecule has 0 amide bonds. The molecule has 2 rings (SSSR count). The number of aryl methyl sites for hydroxylation is 2. The zero-order chi connectivity index (χ0) is 12.6. The summed E-state index contributed by atoms with van der Waals surface area (Å²) < 4.78 is 32.0. The van der Waals surface area contributed by atoms with Crippen LogP contribution in [-0.4, -0.2) is 0 Å². The fourth-order valence-electron chi connectivity index (χ4n) is 1.65. The highest BCUT2D eigenvalue weighted by atomic mass is 79.9. The lowest BCUT2D eigenvalue weighted by atomic mass is 10.0. The van der Waals surface area contributed by atoms with E-state index in [9.17, 15) is 8.78 Å². The van der Waals surface area contributed by atoms with Crippen molar-refractivity contribution >= 4 is 15.9 Å². The summed E-state index contributed by atoms with van der Waals surface area (Å²) in [5, 5.41) is 0. The smallest absolute Gasteiger partial charge is 0.130 e. The third-order valence-corrected chi connectivity index (χ3v) is 3.62. The summed E-state index contributed by atoms with van der Waals surface area (Å²) in [5.74, 6) is -0.341. The maximum atomic E-state index is 13.7. The highest BCUT2D eigenvalue weighted by Gasteiger charge is 2.18. The molecular formula is C13H11BrF2O. The van der Waals surface area contributed by atoms with E-state index in [-0.39, 0.29) is 4.83 Å². The molecule has 0 fully saturated rings. The van der Waals surface area contributed by atoms with Gasteiger partial charge in [-0.05, 0) is 31.5 Å². The van der Waals surface area contributed by atoms with Crippen LogP contribution in [0.1, 0.15) is 27.3 Å². The number of alkyl halides is 1. The Morgan fingerprint density at radius 1 is 1.12 bits per heavy atom. The van der Waals surface area contributed by atoms with Crippen LogP contribution in [0.25, 0.3) is 0 Å².